The minimum atomic E-state index is -3.70. The molecule has 1 amide bonds. The molecule has 30 heavy (non-hydrogen) atoms. The molecule has 0 atom stereocenters. The molecule has 1 saturated carbocycles. The first kappa shape index (κ1) is 22.2. The molecule has 6 nitrogen and oxygen atoms in total. The number of nitrogens with one attached hydrogen (secondary N) is 2. The third-order valence-electron chi connectivity index (χ3n) is 5.34. The quantitative estimate of drug-likeness (QED) is 0.641. The standard InChI is InChI=1S/C23H30N2O4S/c1-17-9-11-20(12-10-17)25-30(27,28)21-13-14-22(18(2)15-21)29-16-23(26)24-19-7-5-3-4-6-8-19/h9-15,19,25H,3-8,16H2,1-2H3,(H,24,26). The van der Waals surface area contributed by atoms with Crippen molar-refractivity contribution in [3.8, 4) is 5.75 Å². The number of anilines is 1. The van der Waals surface area contributed by atoms with Crippen LogP contribution in [0.2, 0.25) is 0 Å². The molecule has 0 spiro atoms. The summed E-state index contributed by atoms with van der Waals surface area (Å²) in [5.74, 6) is 0.360. The second kappa shape index (κ2) is 9.98. The molecule has 7 heteroatoms. The van der Waals surface area contributed by atoms with Crippen LogP contribution >= 0.6 is 0 Å². The minimum Gasteiger partial charge on any atom is -0.484 e. The fraction of sp³-hybridized carbons (Fsp3) is 0.435. The predicted molar refractivity (Wildman–Crippen MR) is 118 cm³/mol. The Kier molecular flexibility index (Phi) is 7.37. The average Bonchev–Trinajstić information content (AvgIpc) is 2.97. The van der Waals surface area contributed by atoms with Crippen molar-refractivity contribution < 1.29 is 17.9 Å². The van der Waals surface area contributed by atoms with E-state index in [1.165, 1.54) is 18.9 Å². The Bertz CT molecular complexity index is 963. The van der Waals surface area contributed by atoms with Gasteiger partial charge in [-0.2, -0.15) is 0 Å². The number of aryl methyl sites for hydroxylation is 2. The van der Waals surface area contributed by atoms with Crippen LogP contribution in [-0.4, -0.2) is 27.0 Å². The van der Waals surface area contributed by atoms with Crippen molar-refractivity contribution in [2.75, 3.05) is 11.3 Å². The van der Waals surface area contributed by atoms with Crippen LogP contribution in [0.1, 0.15) is 49.7 Å². The lowest BCUT2D eigenvalue weighted by molar-refractivity contribution is -0.123. The number of hydrogen-bond donors (Lipinski definition) is 2. The van der Waals surface area contributed by atoms with Crippen molar-refractivity contribution in [2.24, 2.45) is 0 Å². The molecule has 2 aromatic rings. The van der Waals surface area contributed by atoms with Crippen LogP contribution < -0.4 is 14.8 Å². The van der Waals surface area contributed by atoms with Crippen molar-refractivity contribution in [2.45, 2.75) is 63.3 Å². The first-order chi connectivity index (χ1) is 14.3. The van der Waals surface area contributed by atoms with Gasteiger partial charge in [0.1, 0.15) is 5.75 Å². The van der Waals surface area contributed by atoms with E-state index in [1.54, 1.807) is 31.2 Å². The molecule has 0 unspecified atom stereocenters. The summed E-state index contributed by atoms with van der Waals surface area (Å²) < 4.78 is 33.5. The van der Waals surface area contributed by atoms with Crippen molar-refractivity contribution >= 4 is 21.6 Å². The smallest absolute Gasteiger partial charge is 0.261 e. The molecular weight excluding hydrogens is 400 g/mol. The Morgan fingerprint density at radius 1 is 1.00 bits per heavy atom. The number of hydrogen-bond acceptors (Lipinski definition) is 4. The second-order valence-corrected chi connectivity index (χ2v) is 9.63. The molecule has 1 aliphatic rings. The van der Waals surface area contributed by atoms with Crippen LogP contribution in [0.4, 0.5) is 5.69 Å². The Labute approximate surface area is 179 Å². The van der Waals surface area contributed by atoms with E-state index in [-0.39, 0.29) is 23.5 Å². The number of ether oxygens (including phenoxy) is 1. The van der Waals surface area contributed by atoms with E-state index in [4.69, 9.17) is 4.74 Å². The number of benzene rings is 2. The topological polar surface area (TPSA) is 84.5 Å². The molecule has 0 saturated heterocycles. The van der Waals surface area contributed by atoms with Crippen molar-refractivity contribution in [3.63, 3.8) is 0 Å². The number of carbonyl (C=O) groups excluding carboxylic acids is 1. The summed E-state index contributed by atoms with van der Waals surface area (Å²) in [7, 11) is -3.70. The molecule has 162 valence electrons. The summed E-state index contributed by atoms with van der Waals surface area (Å²) in [6.07, 6.45) is 6.80. The molecule has 3 rings (SSSR count). The SMILES string of the molecule is Cc1ccc(NS(=O)(=O)c2ccc(OCC(=O)NC3CCCCCC3)c(C)c2)cc1. The van der Waals surface area contributed by atoms with E-state index in [2.05, 4.69) is 10.0 Å². The predicted octanol–water partition coefficient (Wildman–Crippen LogP) is 4.32. The van der Waals surface area contributed by atoms with E-state index in [0.29, 0.717) is 17.0 Å². The highest BCUT2D eigenvalue weighted by atomic mass is 32.2. The fourth-order valence-electron chi connectivity index (χ4n) is 3.62. The number of carbonyl (C=O) groups is 1. The maximum atomic E-state index is 12.6. The molecule has 0 aromatic heterocycles. The van der Waals surface area contributed by atoms with Gasteiger partial charge in [-0.3, -0.25) is 9.52 Å². The van der Waals surface area contributed by atoms with Gasteiger partial charge in [-0.25, -0.2) is 8.42 Å². The zero-order valence-electron chi connectivity index (χ0n) is 17.6. The first-order valence-corrected chi connectivity index (χ1v) is 11.9. The summed E-state index contributed by atoms with van der Waals surface area (Å²) in [5.41, 5.74) is 2.22. The monoisotopic (exact) mass is 430 g/mol. The van der Waals surface area contributed by atoms with Crippen LogP contribution in [0.5, 0.6) is 5.75 Å². The van der Waals surface area contributed by atoms with E-state index in [0.717, 1.165) is 31.2 Å². The summed E-state index contributed by atoms with van der Waals surface area (Å²) in [5, 5.41) is 3.05. The molecule has 0 heterocycles. The van der Waals surface area contributed by atoms with Gasteiger partial charge in [0.25, 0.3) is 15.9 Å². The number of rotatable bonds is 7. The second-order valence-electron chi connectivity index (χ2n) is 7.94. The molecule has 2 aromatic carbocycles. The third kappa shape index (κ3) is 6.23. The maximum absolute atomic E-state index is 12.6. The van der Waals surface area contributed by atoms with E-state index in [9.17, 15) is 13.2 Å². The third-order valence-corrected chi connectivity index (χ3v) is 6.72. The van der Waals surface area contributed by atoms with E-state index < -0.39 is 10.0 Å². The summed E-state index contributed by atoms with van der Waals surface area (Å²) in [4.78, 5) is 12.4. The van der Waals surface area contributed by atoms with Crippen LogP contribution in [0.15, 0.2) is 47.4 Å². The van der Waals surface area contributed by atoms with Gasteiger partial charge in [0.05, 0.1) is 4.90 Å². The highest BCUT2D eigenvalue weighted by Gasteiger charge is 2.17. The minimum absolute atomic E-state index is 0.0783. The Balaban J connectivity index is 1.58. The van der Waals surface area contributed by atoms with Crippen molar-refractivity contribution in [1.29, 1.82) is 0 Å². The zero-order valence-corrected chi connectivity index (χ0v) is 18.4. The lowest BCUT2D eigenvalue weighted by atomic mass is 10.1. The zero-order chi connectivity index (χ0) is 21.6. The van der Waals surface area contributed by atoms with Crippen LogP contribution in [0.25, 0.3) is 0 Å². The van der Waals surface area contributed by atoms with Gasteiger partial charge >= 0.3 is 0 Å². The Morgan fingerprint density at radius 3 is 2.30 bits per heavy atom. The highest BCUT2D eigenvalue weighted by molar-refractivity contribution is 7.92. The molecule has 1 aliphatic carbocycles. The highest BCUT2D eigenvalue weighted by Crippen LogP contribution is 2.24. The molecular formula is C23H30N2O4S. The van der Waals surface area contributed by atoms with Crippen LogP contribution in [0, 0.1) is 13.8 Å². The summed E-state index contributed by atoms with van der Waals surface area (Å²) in [6, 6.07) is 12.0. The summed E-state index contributed by atoms with van der Waals surface area (Å²) >= 11 is 0. The number of sulfonamides is 1. The molecule has 2 N–H and O–H groups in total. The lowest BCUT2D eigenvalue weighted by Gasteiger charge is -2.17. The van der Waals surface area contributed by atoms with Gasteiger partial charge in [0, 0.05) is 11.7 Å². The van der Waals surface area contributed by atoms with Gasteiger partial charge in [-0.15, -0.1) is 0 Å². The van der Waals surface area contributed by atoms with Crippen LogP contribution in [-0.2, 0) is 14.8 Å². The lowest BCUT2D eigenvalue weighted by Crippen LogP contribution is -2.37. The van der Waals surface area contributed by atoms with Crippen molar-refractivity contribution in [1.82, 2.24) is 5.32 Å². The summed E-state index contributed by atoms with van der Waals surface area (Å²) in [6.45, 7) is 3.63. The van der Waals surface area contributed by atoms with E-state index >= 15 is 0 Å². The van der Waals surface area contributed by atoms with Crippen molar-refractivity contribution in [3.05, 3.63) is 53.6 Å². The van der Waals surface area contributed by atoms with Gasteiger partial charge in [-0.1, -0.05) is 43.4 Å². The molecule has 1 fully saturated rings. The van der Waals surface area contributed by atoms with Crippen LogP contribution in [0.3, 0.4) is 0 Å². The average molecular weight is 431 g/mol. The van der Waals surface area contributed by atoms with Gasteiger partial charge in [0.15, 0.2) is 6.61 Å². The molecule has 0 radical (unpaired) electrons. The molecule has 0 bridgehead atoms. The Hall–Kier alpha value is -2.54. The molecule has 0 aliphatic heterocycles. The maximum Gasteiger partial charge on any atom is 0.261 e. The van der Waals surface area contributed by atoms with Gasteiger partial charge in [0.2, 0.25) is 0 Å². The normalized spacial score (nSPS) is 15.3. The largest absolute Gasteiger partial charge is 0.484 e. The fourth-order valence-corrected chi connectivity index (χ4v) is 4.77. The number of amides is 1. The first-order valence-electron chi connectivity index (χ1n) is 10.5. The Morgan fingerprint density at radius 2 is 1.67 bits per heavy atom. The van der Waals surface area contributed by atoms with Gasteiger partial charge < -0.3 is 10.1 Å². The van der Waals surface area contributed by atoms with E-state index in [1.807, 2.05) is 19.1 Å². The van der Waals surface area contributed by atoms with Gasteiger partial charge in [-0.05, 0) is 62.6 Å².